The molecule has 2 aromatic rings. The van der Waals surface area contributed by atoms with Crippen molar-refractivity contribution in [1.29, 1.82) is 0 Å². The van der Waals surface area contributed by atoms with Gasteiger partial charge in [0.25, 0.3) is 0 Å². The molecule has 0 saturated heterocycles. The minimum Gasteiger partial charge on any atom is -0.366 e. The number of benzene rings is 1. The smallest absolute Gasteiger partial charge is 0.328 e. The molecule has 20 heavy (non-hydrogen) atoms. The van der Waals surface area contributed by atoms with Crippen molar-refractivity contribution in [3.8, 4) is 0 Å². The number of rotatable bonds is 4. The van der Waals surface area contributed by atoms with Gasteiger partial charge in [-0.15, -0.1) is 0 Å². The fraction of sp³-hybridized carbons (Fsp3) is 0.333. The molecule has 0 aliphatic heterocycles. The van der Waals surface area contributed by atoms with Crippen molar-refractivity contribution < 1.29 is 4.79 Å². The van der Waals surface area contributed by atoms with E-state index in [-0.39, 0.29) is 11.7 Å². The average Bonchev–Trinajstić information content (AvgIpc) is 2.73. The van der Waals surface area contributed by atoms with Gasteiger partial charge >= 0.3 is 5.69 Å². The maximum absolute atomic E-state index is 12.2. The molecule has 0 radical (unpaired) electrons. The Balaban J connectivity index is 2.31. The van der Waals surface area contributed by atoms with Gasteiger partial charge in [-0.25, -0.2) is 4.79 Å². The number of imidazole rings is 1. The quantitative estimate of drug-likeness (QED) is 0.920. The van der Waals surface area contributed by atoms with E-state index >= 15 is 0 Å². The molecule has 2 rings (SSSR count). The predicted molar refractivity (Wildman–Crippen MR) is 77.9 cm³/mol. The molecule has 0 unspecified atom stereocenters. The SMILES string of the molecule is Cc1cc(C(N)=O)ccc1Cn1ccn(C(C)C)c1=O. The lowest BCUT2D eigenvalue weighted by Gasteiger charge is -2.08. The van der Waals surface area contributed by atoms with E-state index in [0.29, 0.717) is 12.1 Å². The normalized spacial score (nSPS) is 11.0. The van der Waals surface area contributed by atoms with Crippen molar-refractivity contribution in [2.75, 3.05) is 0 Å². The molecule has 5 heteroatoms. The Bertz CT molecular complexity index is 695. The summed E-state index contributed by atoms with van der Waals surface area (Å²) in [4.78, 5) is 23.3. The van der Waals surface area contributed by atoms with Gasteiger partial charge in [0.15, 0.2) is 0 Å². The van der Waals surface area contributed by atoms with Gasteiger partial charge in [0.2, 0.25) is 5.91 Å². The number of aryl methyl sites for hydroxylation is 1. The van der Waals surface area contributed by atoms with Crippen LogP contribution in [0.25, 0.3) is 0 Å². The minimum atomic E-state index is -0.442. The van der Waals surface area contributed by atoms with Crippen LogP contribution in [0.15, 0.2) is 35.4 Å². The molecule has 0 saturated carbocycles. The van der Waals surface area contributed by atoms with Crippen LogP contribution in [0.2, 0.25) is 0 Å². The van der Waals surface area contributed by atoms with Gasteiger partial charge in [0, 0.05) is 24.0 Å². The van der Waals surface area contributed by atoms with Crippen LogP contribution in [0.5, 0.6) is 0 Å². The summed E-state index contributed by atoms with van der Waals surface area (Å²) in [5.74, 6) is -0.442. The third kappa shape index (κ3) is 2.66. The Hall–Kier alpha value is -2.30. The second-order valence-electron chi connectivity index (χ2n) is 5.22. The Kier molecular flexibility index (Phi) is 3.79. The first-order valence-electron chi connectivity index (χ1n) is 6.56. The first-order valence-corrected chi connectivity index (χ1v) is 6.56. The summed E-state index contributed by atoms with van der Waals surface area (Å²) < 4.78 is 3.35. The van der Waals surface area contributed by atoms with Gasteiger partial charge in [0.1, 0.15) is 0 Å². The van der Waals surface area contributed by atoms with Gasteiger partial charge in [0.05, 0.1) is 6.54 Å². The largest absolute Gasteiger partial charge is 0.366 e. The molecule has 1 aromatic heterocycles. The van der Waals surface area contributed by atoms with Gasteiger partial charge < -0.3 is 5.73 Å². The number of amides is 1. The summed E-state index contributed by atoms with van der Waals surface area (Å²) in [6.45, 7) is 6.34. The number of nitrogens with zero attached hydrogens (tertiary/aromatic N) is 2. The van der Waals surface area contributed by atoms with Crippen molar-refractivity contribution in [2.24, 2.45) is 5.73 Å². The van der Waals surface area contributed by atoms with Gasteiger partial charge in [-0.3, -0.25) is 13.9 Å². The van der Waals surface area contributed by atoms with Crippen LogP contribution in [0.1, 0.15) is 41.4 Å². The molecule has 0 bridgehead atoms. The highest BCUT2D eigenvalue weighted by Crippen LogP contribution is 2.12. The van der Waals surface area contributed by atoms with E-state index in [0.717, 1.165) is 11.1 Å². The molecule has 0 fully saturated rings. The van der Waals surface area contributed by atoms with Crippen LogP contribution in [0, 0.1) is 6.92 Å². The highest BCUT2D eigenvalue weighted by molar-refractivity contribution is 5.93. The number of carbonyl (C=O) groups is 1. The van der Waals surface area contributed by atoms with Crippen LogP contribution in [0.4, 0.5) is 0 Å². The standard InChI is InChI=1S/C15H19N3O2/c1-10(2)18-7-6-17(15(18)20)9-13-5-4-12(14(16)19)8-11(13)3/h4-8,10H,9H2,1-3H3,(H2,16,19). The molecular weight excluding hydrogens is 254 g/mol. The molecule has 106 valence electrons. The molecule has 5 nitrogen and oxygen atoms in total. The molecule has 1 aromatic carbocycles. The van der Waals surface area contributed by atoms with Crippen molar-refractivity contribution in [3.05, 3.63) is 57.8 Å². The van der Waals surface area contributed by atoms with Crippen LogP contribution in [-0.2, 0) is 6.54 Å². The average molecular weight is 273 g/mol. The molecule has 1 amide bonds. The van der Waals surface area contributed by atoms with Gasteiger partial charge in [-0.1, -0.05) is 6.07 Å². The van der Waals surface area contributed by atoms with Crippen molar-refractivity contribution >= 4 is 5.91 Å². The van der Waals surface area contributed by atoms with Crippen molar-refractivity contribution in [1.82, 2.24) is 9.13 Å². The molecular formula is C15H19N3O2. The molecule has 0 spiro atoms. The fourth-order valence-electron chi connectivity index (χ4n) is 2.15. The number of hydrogen-bond acceptors (Lipinski definition) is 2. The summed E-state index contributed by atoms with van der Waals surface area (Å²) >= 11 is 0. The maximum atomic E-state index is 12.2. The van der Waals surface area contributed by atoms with E-state index in [1.165, 1.54) is 0 Å². The predicted octanol–water partition coefficient (Wildman–Crippen LogP) is 1.69. The third-order valence-electron chi connectivity index (χ3n) is 3.40. The highest BCUT2D eigenvalue weighted by atomic mass is 16.2. The Morgan fingerprint density at radius 2 is 2.00 bits per heavy atom. The second-order valence-corrected chi connectivity index (χ2v) is 5.22. The number of nitrogens with two attached hydrogens (primary N) is 1. The molecule has 0 aliphatic carbocycles. The molecule has 2 N–H and O–H groups in total. The van der Waals surface area contributed by atoms with E-state index in [4.69, 9.17) is 5.73 Å². The lowest BCUT2D eigenvalue weighted by atomic mass is 10.0. The van der Waals surface area contributed by atoms with Gasteiger partial charge in [-0.05, 0) is 44.0 Å². The van der Waals surface area contributed by atoms with E-state index in [1.54, 1.807) is 33.7 Å². The molecule has 0 atom stereocenters. The van der Waals surface area contributed by atoms with E-state index in [9.17, 15) is 9.59 Å². The molecule has 1 heterocycles. The van der Waals surface area contributed by atoms with E-state index in [2.05, 4.69) is 0 Å². The summed E-state index contributed by atoms with van der Waals surface area (Å²) in [5.41, 5.74) is 7.65. The number of aromatic nitrogens is 2. The zero-order chi connectivity index (χ0) is 14.9. The number of primary amides is 1. The van der Waals surface area contributed by atoms with Crippen LogP contribution >= 0.6 is 0 Å². The summed E-state index contributed by atoms with van der Waals surface area (Å²) in [7, 11) is 0. The van der Waals surface area contributed by atoms with Crippen molar-refractivity contribution in [2.45, 2.75) is 33.4 Å². The van der Waals surface area contributed by atoms with Crippen LogP contribution in [0.3, 0.4) is 0 Å². The highest BCUT2D eigenvalue weighted by Gasteiger charge is 2.09. The second kappa shape index (κ2) is 5.36. The molecule has 0 aliphatic rings. The van der Waals surface area contributed by atoms with Gasteiger partial charge in [-0.2, -0.15) is 0 Å². The van der Waals surface area contributed by atoms with E-state index < -0.39 is 5.91 Å². The zero-order valence-electron chi connectivity index (χ0n) is 12.0. The number of carbonyl (C=O) groups excluding carboxylic acids is 1. The monoisotopic (exact) mass is 273 g/mol. The Morgan fingerprint density at radius 3 is 2.50 bits per heavy atom. The lowest BCUT2D eigenvalue weighted by Crippen LogP contribution is -2.25. The number of hydrogen-bond donors (Lipinski definition) is 1. The summed E-state index contributed by atoms with van der Waals surface area (Å²) in [6, 6.07) is 5.42. The Labute approximate surface area is 117 Å². The van der Waals surface area contributed by atoms with Crippen LogP contribution in [-0.4, -0.2) is 15.0 Å². The first-order chi connectivity index (χ1) is 9.40. The summed E-state index contributed by atoms with van der Waals surface area (Å²) in [5, 5.41) is 0. The zero-order valence-corrected chi connectivity index (χ0v) is 12.0. The van der Waals surface area contributed by atoms with Crippen molar-refractivity contribution in [3.63, 3.8) is 0 Å². The summed E-state index contributed by atoms with van der Waals surface area (Å²) in [6.07, 6.45) is 3.57. The maximum Gasteiger partial charge on any atom is 0.328 e. The Morgan fingerprint density at radius 1 is 1.30 bits per heavy atom. The minimum absolute atomic E-state index is 0.0293. The topological polar surface area (TPSA) is 70.0 Å². The first kappa shape index (κ1) is 14.1. The van der Waals surface area contributed by atoms with E-state index in [1.807, 2.05) is 26.8 Å². The fourth-order valence-corrected chi connectivity index (χ4v) is 2.15. The lowest BCUT2D eigenvalue weighted by molar-refractivity contribution is 0.1000. The van der Waals surface area contributed by atoms with Crippen LogP contribution < -0.4 is 11.4 Å². The third-order valence-corrected chi connectivity index (χ3v) is 3.40.